The summed E-state index contributed by atoms with van der Waals surface area (Å²) in [6.07, 6.45) is 5.00. The Balaban J connectivity index is 2.18. The summed E-state index contributed by atoms with van der Waals surface area (Å²) in [4.78, 5) is 14.6. The first-order valence-electron chi connectivity index (χ1n) is 7.66. The van der Waals surface area contributed by atoms with Crippen LogP contribution in [0.2, 0.25) is 0 Å². The molecule has 21 heavy (non-hydrogen) atoms. The Kier molecular flexibility index (Phi) is 4.17. The smallest absolute Gasteiger partial charge is 0.270 e. The minimum absolute atomic E-state index is 0.0737. The van der Waals surface area contributed by atoms with Crippen molar-refractivity contribution < 1.29 is 4.79 Å². The van der Waals surface area contributed by atoms with E-state index in [0.29, 0.717) is 17.9 Å². The van der Waals surface area contributed by atoms with Gasteiger partial charge in [0.25, 0.3) is 5.91 Å². The number of nitrogens with two attached hydrogens (primary N) is 1. The minimum atomic E-state index is 0.0737. The highest BCUT2D eigenvalue weighted by Gasteiger charge is 2.26. The Hall–Kier alpha value is -1.71. The molecule has 0 unspecified atom stereocenters. The number of aromatic nitrogens is 1. The molecule has 116 valence electrons. The molecular weight excluding hydrogens is 262 g/mol. The summed E-state index contributed by atoms with van der Waals surface area (Å²) in [6, 6.07) is 2.01. The van der Waals surface area contributed by atoms with Crippen LogP contribution in [0.25, 0.3) is 0 Å². The van der Waals surface area contributed by atoms with Crippen molar-refractivity contribution in [3.63, 3.8) is 0 Å². The Morgan fingerprint density at radius 1 is 1.33 bits per heavy atom. The first-order valence-corrected chi connectivity index (χ1v) is 7.66. The molecule has 0 atom stereocenters. The maximum absolute atomic E-state index is 12.7. The van der Waals surface area contributed by atoms with E-state index in [9.17, 15) is 4.79 Å². The van der Waals surface area contributed by atoms with E-state index in [4.69, 9.17) is 5.73 Å². The van der Waals surface area contributed by atoms with Gasteiger partial charge in [0.05, 0.1) is 5.69 Å². The highest BCUT2D eigenvalue weighted by molar-refractivity contribution is 5.94. The second-order valence-corrected chi connectivity index (χ2v) is 7.14. The molecule has 1 aliphatic heterocycles. The molecule has 0 spiro atoms. The summed E-state index contributed by atoms with van der Waals surface area (Å²) in [5, 5.41) is 0. The highest BCUT2D eigenvalue weighted by atomic mass is 16.2. The van der Waals surface area contributed by atoms with E-state index in [2.05, 4.69) is 40.7 Å². The third-order valence-electron chi connectivity index (χ3n) is 4.10. The van der Waals surface area contributed by atoms with Crippen LogP contribution in [0, 0.1) is 5.41 Å². The number of carbonyl (C=O) groups excluding carboxylic acids is 1. The van der Waals surface area contributed by atoms with Crippen LogP contribution in [0.4, 0.5) is 5.69 Å². The standard InChI is InChI=1S/C17H27N3O/c1-12(2)20-11-14(18)10-15(20)16(21)19-8-6-13(7-9-19)17(3,4)5/h6,10-12H,7-9,18H2,1-5H3. The lowest BCUT2D eigenvalue weighted by atomic mass is 9.83. The zero-order valence-electron chi connectivity index (χ0n) is 13.8. The lowest BCUT2D eigenvalue weighted by molar-refractivity contribution is 0.0752. The molecule has 0 radical (unpaired) electrons. The van der Waals surface area contributed by atoms with Gasteiger partial charge in [-0.1, -0.05) is 32.4 Å². The fourth-order valence-corrected chi connectivity index (χ4v) is 2.80. The van der Waals surface area contributed by atoms with Crippen molar-refractivity contribution >= 4 is 11.6 Å². The molecule has 0 aliphatic carbocycles. The number of rotatable bonds is 2. The van der Waals surface area contributed by atoms with Crippen LogP contribution in [0.1, 0.15) is 57.6 Å². The van der Waals surface area contributed by atoms with Crippen LogP contribution in [-0.2, 0) is 0 Å². The first-order chi connectivity index (χ1) is 9.70. The maximum atomic E-state index is 12.7. The molecule has 1 amide bonds. The molecule has 4 nitrogen and oxygen atoms in total. The molecule has 2 heterocycles. The van der Waals surface area contributed by atoms with E-state index in [1.165, 1.54) is 5.57 Å². The number of hydrogen-bond acceptors (Lipinski definition) is 2. The molecular formula is C17H27N3O. The van der Waals surface area contributed by atoms with Crippen LogP contribution in [0.15, 0.2) is 23.9 Å². The van der Waals surface area contributed by atoms with Crippen LogP contribution < -0.4 is 5.73 Å². The van der Waals surface area contributed by atoms with Crippen LogP contribution >= 0.6 is 0 Å². The Morgan fingerprint density at radius 2 is 2.00 bits per heavy atom. The van der Waals surface area contributed by atoms with Gasteiger partial charge in [0, 0.05) is 25.3 Å². The Bertz CT molecular complexity index is 561. The van der Waals surface area contributed by atoms with Crippen molar-refractivity contribution in [3.8, 4) is 0 Å². The molecule has 0 saturated heterocycles. The zero-order chi connectivity index (χ0) is 15.8. The average Bonchev–Trinajstić information content (AvgIpc) is 2.79. The zero-order valence-corrected chi connectivity index (χ0v) is 13.8. The van der Waals surface area contributed by atoms with E-state index in [1.54, 1.807) is 6.07 Å². The monoisotopic (exact) mass is 289 g/mol. The van der Waals surface area contributed by atoms with Crippen molar-refractivity contribution in [3.05, 3.63) is 29.6 Å². The predicted molar refractivity (Wildman–Crippen MR) is 87.3 cm³/mol. The van der Waals surface area contributed by atoms with E-state index < -0.39 is 0 Å². The molecule has 1 aromatic rings. The van der Waals surface area contributed by atoms with Crippen LogP contribution in [-0.4, -0.2) is 28.5 Å². The number of hydrogen-bond donors (Lipinski definition) is 1. The molecule has 1 aliphatic rings. The molecule has 1 aromatic heterocycles. The summed E-state index contributed by atoms with van der Waals surface area (Å²) in [5.74, 6) is 0.0737. The van der Waals surface area contributed by atoms with Crippen molar-refractivity contribution in [2.75, 3.05) is 18.8 Å². The van der Waals surface area contributed by atoms with Gasteiger partial charge < -0.3 is 15.2 Å². The largest absolute Gasteiger partial charge is 0.397 e. The summed E-state index contributed by atoms with van der Waals surface area (Å²) >= 11 is 0. The number of nitrogen functional groups attached to an aromatic ring is 1. The van der Waals surface area contributed by atoms with E-state index in [0.717, 1.165) is 13.0 Å². The van der Waals surface area contributed by atoms with Crippen LogP contribution in [0.5, 0.6) is 0 Å². The highest BCUT2D eigenvalue weighted by Crippen LogP contribution is 2.30. The summed E-state index contributed by atoms with van der Waals surface area (Å²) in [7, 11) is 0. The molecule has 0 saturated carbocycles. The second kappa shape index (κ2) is 5.58. The van der Waals surface area contributed by atoms with Crippen molar-refractivity contribution in [2.45, 2.75) is 47.1 Å². The van der Waals surface area contributed by atoms with Gasteiger partial charge in [0.15, 0.2) is 0 Å². The van der Waals surface area contributed by atoms with Gasteiger partial charge in [-0.2, -0.15) is 0 Å². The van der Waals surface area contributed by atoms with Gasteiger partial charge >= 0.3 is 0 Å². The van der Waals surface area contributed by atoms with E-state index in [-0.39, 0.29) is 17.4 Å². The van der Waals surface area contributed by atoms with Crippen LogP contribution in [0.3, 0.4) is 0 Å². The summed E-state index contributed by atoms with van der Waals surface area (Å²) in [6.45, 7) is 12.3. The normalized spacial score (nSPS) is 16.3. The second-order valence-electron chi connectivity index (χ2n) is 7.14. The van der Waals surface area contributed by atoms with Gasteiger partial charge in [-0.25, -0.2) is 0 Å². The number of nitrogens with zero attached hydrogens (tertiary/aromatic N) is 2. The minimum Gasteiger partial charge on any atom is -0.397 e. The van der Waals surface area contributed by atoms with Gasteiger partial charge in [-0.05, 0) is 31.7 Å². The lowest BCUT2D eigenvalue weighted by Gasteiger charge is -2.32. The number of anilines is 1. The van der Waals surface area contributed by atoms with Crippen molar-refractivity contribution in [1.29, 1.82) is 0 Å². The number of carbonyl (C=O) groups is 1. The Morgan fingerprint density at radius 3 is 2.48 bits per heavy atom. The average molecular weight is 289 g/mol. The number of amides is 1. The fraction of sp³-hybridized carbons (Fsp3) is 0.588. The molecule has 0 fully saturated rings. The maximum Gasteiger partial charge on any atom is 0.270 e. The topological polar surface area (TPSA) is 51.3 Å². The third kappa shape index (κ3) is 3.31. The van der Waals surface area contributed by atoms with Crippen molar-refractivity contribution in [1.82, 2.24) is 9.47 Å². The molecule has 4 heteroatoms. The van der Waals surface area contributed by atoms with E-state index in [1.807, 2.05) is 15.7 Å². The predicted octanol–water partition coefficient (Wildman–Crippen LogP) is 3.47. The Labute approximate surface area is 127 Å². The fourth-order valence-electron chi connectivity index (χ4n) is 2.80. The quantitative estimate of drug-likeness (QED) is 0.848. The summed E-state index contributed by atoms with van der Waals surface area (Å²) < 4.78 is 1.96. The molecule has 0 bridgehead atoms. The first kappa shape index (κ1) is 15.7. The SMILES string of the molecule is CC(C)n1cc(N)cc1C(=O)N1CC=C(C(C)(C)C)CC1. The third-order valence-corrected chi connectivity index (χ3v) is 4.10. The summed E-state index contributed by atoms with van der Waals surface area (Å²) in [5.41, 5.74) is 8.83. The van der Waals surface area contributed by atoms with Gasteiger partial charge in [-0.15, -0.1) is 0 Å². The lowest BCUT2D eigenvalue weighted by Crippen LogP contribution is -2.37. The van der Waals surface area contributed by atoms with E-state index >= 15 is 0 Å². The van der Waals surface area contributed by atoms with Crippen molar-refractivity contribution in [2.24, 2.45) is 5.41 Å². The molecule has 0 aromatic carbocycles. The molecule has 2 rings (SSSR count). The van der Waals surface area contributed by atoms with Gasteiger partial charge in [0.2, 0.25) is 0 Å². The van der Waals surface area contributed by atoms with Gasteiger partial charge in [-0.3, -0.25) is 4.79 Å². The molecule has 2 N–H and O–H groups in total. The van der Waals surface area contributed by atoms with Gasteiger partial charge in [0.1, 0.15) is 5.69 Å².